The highest BCUT2D eigenvalue weighted by atomic mass is 32.1. The fourth-order valence-corrected chi connectivity index (χ4v) is 2.33. The number of nitrogens with one attached hydrogen (secondary N) is 1. The van der Waals surface area contributed by atoms with Gasteiger partial charge in [0.2, 0.25) is 0 Å². The third-order valence-corrected chi connectivity index (χ3v) is 3.54. The van der Waals surface area contributed by atoms with E-state index in [9.17, 15) is 8.78 Å². The zero-order valence-electron chi connectivity index (χ0n) is 10.8. The van der Waals surface area contributed by atoms with Crippen LogP contribution in [0.3, 0.4) is 0 Å². The number of hydrogen-bond acceptors (Lipinski definition) is 2. The van der Waals surface area contributed by atoms with E-state index in [-0.39, 0.29) is 5.69 Å². The minimum Gasteiger partial charge on any atom is -0.348 e. The van der Waals surface area contributed by atoms with Crippen LogP contribution in [-0.2, 0) is 0 Å². The van der Waals surface area contributed by atoms with Gasteiger partial charge in [0.05, 0.1) is 5.69 Å². The zero-order valence-corrected chi connectivity index (χ0v) is 11.6. The molecule has 0 unspecified atom stereocenters. The highest BCUT2D eigenvalue weighted by molar-refractivity contribution is 7.80. The first-order valence-electron chi connectivity index (χ1n) is 6.26. The van der Waals surface area contributed by atoms with Gasteiger partial charge < -0.3 is 15.1 Å². The summed E-state index contributed by atoms with van der Waals surface area (Å²) in [5, 5.41) is 3.33. The quantitative estimate of drug-likeness (QED) is 0.798. The summed E-state index contributed by atoms with van der Waals surface area (Å²) in [7, 11) is 2.07. The molecule has 104 valence electrons. The van der Waals surface area contributed by atoms with Crippen molar-refractivity contribution in [2.75, 3.05) is 38.5 Å². The molecule has 2 rings (SSSR count). The number of benzene rings is 1. The average Bonchev–Trinajstić information content (AvgIpc) is 2.57. The van der Waals surface area contributed by atoms with Crippen LogP contribution >= 0.6 is 12.2 Å². The van der Waals surface area contributed by atoms with Gasteiger partial charge in [-0.3, -0.25) is 0 Å². The molecular formula is C13H17F2N3S. The summed E-state index contributed by atoms with van der Waals surface area (Å²) in [4.78, 5) is 4.25. The molecule has 1 aliphatic rings. The molecule has 1 aromatic rings. The second kappa shape index (κ2) is 6.25. The summed E-state index contributed by atoms with van der Waals surface area (Å²) in [5.41, 5.74) is 0.212. The van der Waals surface area contributed by atoms with Crippen LogP contribution in [-0.4, -0.2) is 48.1 Å². The van der Waals surface area contributed by atoms with Gasteiger partial charge in [0.1, 0.15) is 11.6 Å². The molecule has 0 bridgehead atoms. The third-order valence-electron chi connectivity index (χ3n) is 3.18. The normalized spacial score (nSPS) is 17.1. The molecule has 1 heterocycles. The second-order valence-corrected chi connectivity index (χ2v) is 5.08. The fraction of sp³-hybridized carbons (Fsp3) is 0.462. The van der Waals surface area contributed by atoms with E-state index in [0.717, 1.165) is 38.7 Å². The largest absolute Gasteiger partial charge is 0.348 e. The van der Waals surface area contributed by atoms with Crippen molar-refractivity contribution in [1.29, 1.82) is 0 Å². The van der Waals surface area contributed by atoms with Crippen molar-refractivity contribution in [2.24, 2.45) is 0 Å². The van der Waals surface area contributed by atoms with Gasteiger partial charge in [-0.1, -0.05) is 0 Å². The molecule has 1 saturated heterocycles. The molecule has 0 spiro atoms. The lowest BCUT2D eigenvalue weighted by molar-refractivity contribution is 0.347. The molecule has 0 atom stereocenters. The monoisotopic (exact) mass is 285 g/mol. The summed E-state index contributed by atoms with van der Waals surface area (Å²) >= 11 is 5.28. The van der Waals surface area contributed by atoms with Crippen LogP contribution in [0, 0.1) is 11.6 Å². The standard InChI is InChI=1S/C13H17F2N3S/c1-17-5-2-6-18(8-7-17)13(19)16-12-4-3-10(14)9-11(12)15/h3-4,9H,2,5-8H2,1H3,(H,16,19). The number of likely N-dealkylation sites (N-methyl/N-ethyl adjacent to an activating group) is 1. The van der Waals surface area contributed by atoms with E-state index in [1.54, 1.807) is 0 Å². The van der Waals surface area contributed by atoms with Crippen LogP contribution in [0.4, 0.5) is 14.5 Å². The number of halogens is 2. The average molecular weight is 285 g/mol. The zero-order chi connectivity index (χ0) is 13.8. The summed E-state index contributed by atoms with van der Waals surface area (Å²) in [6.45, 7) is 3.61. The number of rotatable bonds is 1. The highest BCUT2D eigenvalue weighted by Crippen LogP contribution is 2.16. The Morgan fingerprint density at radius 3 is 2.74 bits per heavy atom. The molecule has 0 saturated carbocycles. The molecule has 19 heavy (non-hydrogen) atoms. The van der Waals surface area contributed by atoms with Crippen molar-refractivity contribution in [2.45, 2.75) is 6.42 Å². The van der Waals surface area contributed by atoms with Crippen LogP contribution < -0.4 is 5.32 Å². The van der Waals surface area contributed by atoms with Gasteiger partial charge in [-0.2, -0.15) is 0 Å². The van der Waals surface area contributed by atoms with Gasteiger partial charge in [-0.05, 0) is 44.4 Å². The van der Waals surface area contributed by atoms with Gasteiger partial charge >= 0.3 is 0 Å². The fourth-order valence-electron chi connectivity index (χ4n) is 2.03. The van der Waals surface area contributed by atoms with E-state index in [2.05, 4.69) is 17.3 Å². The molecule has 0 aliphatic carbocycles. The maximum Gasteiger partial charge on any atom is 0.173 e. The Hall–Kier alpha value is -1.27. The van der Waals surface area contributed by atoms with E-state index in [1.165, 1.54) is 12.1 Å². The Morgan fingerprint density at radius 1 is 1.21 bits per heavy atom. The lowest BCUT2D eigenvalue weighted by atomic mass is 10.3. The lowest BCUT2D eigenvalue weighted by Gasteiger charge is -2.24. The molecule has 1 fully saturated rings. The van der Waals surface area contributed by atoms with Gasteiger partial charge in [0, 0.05) is 25.7 Å². The SMILES string of the molecule is CN1CCCN(C(=S)Nc2ccc(F)cc2F)CC1. The smallest absolute Gasteiger partial charge is 0.173 e. The van der Waals surface area contributed by atoms with E-state index in [1.807, 2.05) is 4.90 Å². The van der Waals surface area contributed by atoms with Crippen molar-refractivity contribution in [3.05, 3.63) is 29.8 Å². The van der Waals surface area contributed by atoms with Gasteiger partial charge in [0.25, 0.3) is 0 Å². The lowest BCUT2D eigenvalue weighted by Crippen LogP contribution is -2.37. The van der Waals surface area contributed by atoms with Gasteiger partial charge in [-0.15, -0.1) is 0 Å². The summed E-state index contributed by atoms with van der Waals surface area (Å²) < 4.78 is 26.4. The first-order chi connectivity index (χ1) is 9.06. The van der Waals surface area contributed by atoms with Gasteiger partial charge in [-0.25, -0.2) is 8.78 Å². The minimum absolute atomic E-state index is 0.212. The van der Waals surface area contributed by atoms with Gasteiger partial charge in [0.15, 0.2) is 5.11 Å². The summed E-state index contributed by atoms with van der Waals surface area (Å²) in [6.07, 6.45) is 1.02. The molecular weight excluding hydrogens is 268 g/mol. The van der Waals surface area contributed by atoms with E-state index >= 15 is 0 Å². The maximum absolute atomic E-state index is 13.5. The molecule has 1 aromatic carbocycles. The maximum atomic E-state index is 13.5. The Balaban J connectivity index is 2.00. The summed E-state index contributed by atoms with van der Waals surface area (Å²) in [6, 6.07) is 3.42. The number of thiocarbonyl (C=S) groups is 1. The summed E-state index contributed by atoms with van der Waals surface area (Å²) in [5.74, 6) is -1.22. The second-order valence-electron chi connectivity index (χ2n) is 4.70. The molecule has 6 heteroatoms. The van der Waals surface area contributed by atoms with Crippen molar-refractivity contribution in [3.8, 4) is 0 Å². The minimum atomic E-state index is -0.630. The predicted molar refractivity (Wildman–Crippen MR) is 76.3 cm³/mol. The van der Waals surface area contributed by atoms with E-state index < -0.39 is 11.6 Å². The Morgan fingerprint density at radius 2 is 2.00 bits per heavy atom. The number of nitrogens with zero attached hydrogens (tertiary/aromatic N) is 2. The van der Waals surface area contributed by atoms with Crippen molar-refractivity contribution >= 4 is 23.0 Å². The van der Waals surface area contributed by atoms with E-state index in [0.29, 0.717) is 5.11 Å². The molecule has 3 nitrogen and oxygen atoms in total. The van der Waals surface area contributed by atoms with Crippen LogP contribution in [0.2, 0.25) is 0 Å². The van der Waals surface area contributed by atoms with Crippen molar-refractivity contribution in [3.63, 3.8) is 0 Å². The number of hydrogen-bond donors (Lipinski definition) is 1. The first-order valence-corrected chi connectivity index (χ1v) is 6.66. The Bertz CT molecular complexity index is 467. The molecule has 0 amide bonds. The number of anilines is 1. The molecule has 0 aromatic heterocycles. The molecule has 1 aliphatic heterocycles. The van der Waals surface area contributed by atoms with E-state index in [4.69, 9.17) is 12.2 Å². The van der Waals surface area contributed by atoms with Crippen LogP contribution in [0.25, 0.3) is 0 Å². The molecule has 1 N–H and O–H groups in total. The topological polar surface area (TPSA) is 18.5 Å². The highest BCUT2D eigenvalue weighted by Gasteiger charge is 2.15. The molecule has 0 radical (unpaired) electrons. The third kappa shape index (κ3) is 3.84. The van der Waals surface area contributed by atoms with Crippen molar-refractivity contribution < 1.29 is 8.78 Å². The van der Waals surface area contributed by atoms with Crippen molar-refractivity contribution in [1.82, 2.24) is 9.80 Å². The predicted octanol–water partition coefficient (Wildman–Crippen LogP) is 2.30. The van der Waals surface area contributed by atoms with Crippen LogP contribution in [0.5, 0.6) is 0 Å². The first kappa shape index (κ1) is 14.1. The Labute approximate surface area is 117 Å². The van der Waals surface area contributed by atoms with Crippen LogP contribution in [0.1, 0.15) is 6.42 Å². The van der Waals surface area contributed by atoms with Crippen LogP contribution in [0.15, 0.2) is 18.2 Å². The Kier molecular flexibility index (Phi) is 4.66.